The minimum atomic E-state index is -0.323. The van der Waals surface area contributed by atoms with Crippen LogP contribution in [0.2, 0.25) is 0 Å². The van der Waals surface area contributed by atoms with Crippen LogP contribution in [-0.2, 0) is 16.0 Å². The van der Waals surface area contributed by atoms with Crippen molar-refractivity contribution in [1.82, 2.24) is 5.32 Å². The second kappa shape index (κ2) is 8.16. The molecule has 0 fully saturated rings. The Morgan fingerprint density at radius 1 is 1.39 bits per heavy atom. The Hall–Kier alpha value is -1.00. The van der Waals surface area contributed by atoms with Crippen molar-refractivity contribution >= 4 is 18.5 Å². The van der Waals surface area contributed by atoms with E-state index in [1.165, 1.54) is 0 Å². The highest BCUT2D eigenvalue weighted by atomic mass is 32.1. The van der Waals surface area contributed by atoms with Gasteiger partial charge in [-0.3, -0.25) is 4.79 Å². The molecule has 0 aliphatic rings. The third kappa shape index (κ3) is 5.56. The molecule has 0 aliphatic heterocycles. The van der Waals surface area contributed by atoms with Crippen molar-refractivity contribution in [2.75, 3.05) is 13.2 Å². The number of hydrogen-bond donors (Lipinski definition) is 2. The lowest BCUT2D eigenvalue weighted by Crippen LogP contribution is -2.41. The lowest BCUT2D eigenvalue weighted by molar-refractivity contribution is -0.121. The minimum absolute atomic E-state index is 0.0165. The molecule has 0 radical (unpaired) electrons. The maximum absolute atomic E-state index is 11.9. The summed E-state index contributed by atoms with van der Waals surface area (Å²) in [4.78, 5) is 11.9. The van der Waals surface area contributed by atoms with Crippen LogP contribution in [0.1, 0.15) is 19.4 Å². The van der Waals surface area contributed by atoms with Gasteiger partial charge in [0.1, 0.15) is 0 Å². The highest BCUT2D eigenvalue weighted by Crippen LogP contribution is 2.08. The summed E-state index contributed by atoms with van der Waals surface area (Å²) in [5.41, 5.74) is 1.12. The maximum atomic E-state index is 11.9. The molecule has 3 nitrogen and oxygen atoms in total. The fourth-order valence-electron chi connectivity index (χ4n) is 1.61. The number of amides is 1. The highest BCUT2D eigenvalue weighted by Gasteiger charge is 2.16. The number of hydrogen-bond acceptors (Lipinski definition) is 3. The van der Waals surface area contributed by atoms with Crippen molar-refractivity contribution < 1.29 is 9.53 Å². The van der Waals surface area contributed by atoms with E-state index in [-0.39, 0.29) is 17.2 Å². The molecule has 0 saturated carbocycles. The second-order valence-electron chi connectivity index (χ2n) is 4.27. The van der Waals surface area contributed by atoms with Crippen LogP contribution in [0.4, 0.5) is 0 Å². The van der Waals surface area contributed by atoms with Crippen LogP contribution >= 0.6 is 12.6 Å². The number of carbonyl (C=O) groups is 1. The summed E-state index contributed by atoms with van der Waals surface area (Å²) in [5.74, 6) is -0.0469. The molecule has 2 atom stereocenters. The molecule has 2 unspecified atom stereocenters. The number of benzene rings is 1. The van der Waals surface area contributed by atoms with Crippen molar-refractivity contribution in [2.24, 2.45) is 0 Å². The summed E-state index contributed by atoms with van der Waals surface area (Å²) in [6, 6.07) is 9.90. The number of thiol groups is 1. The van der Waals surface area contributed by atoms with Gasteiger partial charge in [0, 0.05) is 12.6 Å². The first-order valence-electron chi connectivity index (χ1n) is 6.23. The summed E-state index contributed by atoms with van der Waals surface area (Å²) < 4.78 is 5.25. The lowest BCUT2D eigenvalue weighted by Gasteiger charge is -2.17. The van der Waals surface area contributed by atoms with E-state index in [9.17, 15) is 4.79 Å². The number of carbonyl (C=O) groups excluding carboxylic acids is 1. The van der Waals surface area contributed by atoms with Gasteiger partial charge in [-0.25, -0.2) is 0 Å². The summed E-state index contributed by atoms with van der Waals surface area (Å²) >= 11 is 4.35. The molecule has 0 aliphatic carbocycles. The molecule has 0 bridgehead atoms. The molecule has 100 valence electrons. The van der Waals surface area contributed by atoms with Crippen LogP contribution in [0.15, 0.2) is 30.3 Å². The highest BCUT2D eigenvalue weighted by molar-refractivity contribution is 7.81. The zero-order chi connectivity index (χ0) is 13.4. The van der Waals surface area contributed by atoms with E-state index in [2.05, 4.69) is 17.9 Å². The molecule has 1 amide bonds. The van der Waals surface area contributed by atoms with Crippen LogP contribution in [0, 0.1) is 0 Å². The summed E-state index contributed by atoms with van der Waals surface area (Å²) in [6.45, 7) is 5.06. The zero-order valence-corrected chi connectivity index (χ0v) is 11.8. The largest absolute Gasteiger partial charge is 0.380 e. The fourth-order valence-corrected chi connectivity index (χ4v) is 1.89. The van der Waals surface area contributed by atoms with Crippen LogP contribution < -0.4 is 5.32 Å². The molecule has 0 aromatic heterocycles. The van der Waals surface area contributed by atoms with E-state index in [1.807, 2.05) is 44.2 Å². The van der Waals surface area contributed by atoms with Crippen LogP contribution in [0.3, 0.4) is 0 Å². The van der Waals surface area contributed by atoms with Gasteiger partial charge in [-0.1, -0.05) is 30.3 Å². The van der Waals surface area contributed by atoms with Gasteiger partial charge in [0.05, 0.1) is 11.9 Å². The molecule has 1 N–H and O–H groups in total. The molecule has 0 saturated heterocycles. The van der Waals surface area contributed by atoms with Crippen molar-refractivity contribution in [3.63, 3.8) is 0 Å². The SMILES string of the molecule is CCOCC(C)NC(=O)C(S)Cc1ccccc1. The van der Waals surface area contributed by atoms with E-state index < -0.39 is 0 Å². The number of ether oxygens (including phenoxy) is 1. The smallest absolute Gasteiger partial charge is 0.233 e. The Morgan fingerprint density at radius 3 is 2.67 bits per heavy atom. The third-order valence-corrected chi connectivity index (χ3v) is 2.95. The standard InChI is InChI=1S/C14H21NO2S/c1-3-17-10-11(2)15-14(16)13(18)9-12-7-5-4-6-8-12/h4-8,11,13,18H,3,9-10H2,1-2H3,(H,15,16). The maximum Gasteiger partial charge on any atom is 0.233 e. The van der Waals surface area contributed by atoms with E-state index >= 15 is 0 Å². The van der Waals surface area contributed by atoms with Crippen LogP contribution in [0.25, 0.3) is 0 Å². The molecule has 0 spiro atoms. The number of rotatable bonds is 7. The van der Waals surface area contributed by atoms with Crippen molar-refractivity contribution in [1.29, 1.82) is 0 Å². The Kier molecular flexibility index (Phi) is 6.83. The molecule has 4 heteroatoms. The van der Waals surface area contributed by atoms with Crippen molar-refractivity contribution in [2.45, 2.75) is 31.6 Å². The van der Waals surface area contributed by atoms with Gasteiger partial charge in [-0.05, 0) is 25.8 Å². The van der Waals surface area contributed by atoms with Gasteiger partial charge in [0.2, 0.25) is 5.91 Å². The predicted octanol–water partition coefficient (Wildman–Crippen LogP) is 2.07. The molecular weight excluding hydrogens is 246 g/mol. The predicted molar refractivity (Wildman–Crippen MR) is 77.0 cm³/mol. The Morgan fingerprint density at radius 2 is 2.06 bits per heavy atom. The van der Waals surface area contributed by atoms with Gasteiger partial charge in [-0.2, -0.15) is 12.6 Å². The van der Waals surface area contributed by atoms with Gasteiger partial charge in [-0.15, -0.1) is 0 Å². The topological polar surface area (TPSA) is 38.3 Å². The van der Waals surface area contributed by atoms with E-state index in [0.29, 0.717) is 19.6 Å². The van der Waals surface area contributed by atoms with E-state index in [0.717, 1.165) is 5.56 Å². The average molecular weight is 267 g/mol. The van der Waals surface area contributed by atoms with Crippen LogP contribution in [0.5, 0.6) is 0 Å². The Bertz CT molecular complexity index is 356. The van der Waals surface area contributed by atoms with Gasteiger partial charge in [0.15, 0.2) is 0 Å². The molecular formula is C14H21NO2S. The normalized spacial score (nSPS) is 13.9. The molecule has 0 heterocycles. The van der Waals surface area contributed by atoms with E-state index in [4.69, 9.17) is 4.74 Å². The first-order valence-corrected chi connectivity index (χ1v) is 6.75. The third-order valence-electron chi connectivity index (χ3n) is 2.54. The number of nitrogens with one attached hydrogen (secondary N) is 1. The molecule has 1 aromatic carbocycles. The second-order valence-corrected chi connectivity index (χ2v) is 4.90. The Balaban J connectivity index is 2.37. The quantitative estimate of drug-likeness (QED) is 0.742. The minimum Gasteiger partial charge on any atom is -0.380 e. The molecule has 1 aromatic rings. The first kappa shape index (κ1) is 15.1. The summed E-state index contributed by atoms with van der Waals surface area (Å²) in [6.07, 6.45) is 0.636. The van der Waals surface area contributed by atoms with Crippen LogP contribution in [-0.4, -0.2) is 30.4 Å². The first-order chi connectivity index (χ1) is 8.63. The zero-order valence-electron chi connectivity index (χ0n) is 10.9. The average Bonchev–Trinajstić information content (AvgIpc) is 2.37. The van der Waals surface area contributed by atoms with Gasteiger partial charge >= 0.3 is 0 Å². The Labute approximate surface area is 114 Å². The van der Waals surface area contributed by atoms with Gasteiger partial charge in [0.25, 0.3) is 0 Å². The monoisotopic (exact) mass is 267 g/mol. The summed E-state index contributed by atoms with van der Waals surface area (Å²) in [7, 11) is 0. The fraction of sp³-hybridized carbons (Fsp3) is 0.500. The lowest BCUT2D eigenvalue weighted by atomic mass is 10.1. The molecule has 18 heavy (non-hydrogen) atoms. The molecule has 1 rings (SSSR count). The van der Waals surface area contributed by atoms with E-state index in [1.54, 1.807) is 0 Å². The summed E-state index contributed by atoms with van der Waals surface area (Å²) in [5, 5.41) is 2.57. The van der Waals surface area contributed by atoms with Crippen molar-refractivity contribution in [3.05, 3.63) is 35.9 Å². The van der Waals surface area contributed by atoms with Crippen molar-refractivity contribution in [3.8, 4) is 0 Å². The van der Waals surface area contributed by atoms with Gasteiger partial charge < -0.3 is 10.1 Å².